The van der Waals surface area contributed by atoms with E-state index in [0.29, 0.717) is 25.6 Å². The fourth-order valence-corrected chi connectivity index (χ4v) is 2.50. The van der Waals surface area contributed by atoms with Crippen LogP contribution in [0.15, 0.2) is 33.8 Å². The third-order valence-corrected chi connectivity index (χ3v) is 4.03. The number of benzene rings is 1. The second-order valence-corrected chi connectivity index (χ2v) is 6.88. The van der Waals surface area contributed by atoms with Crippen molar-refractivity contribution in [3.05, 3.63) is 46.8 Å². The van der Waals surface area contributed by atoms with Gasteiger partial charge in [-0.3, -0.25) is 0 Å². The molecule has 28 heavy (non-hydrogen) atoms. The average molecular weight is 500 g/mol. The lowest BCUT2D eigenvalue weighted by atomic mass is 10.1. The Kier molecular flexibility index (Phi) is 11.0. The largest absolute Gasteiger partial charge is 0.493 e. The summed E-state index contributed by atoms with van der Waals surface area (Å²) >= 11 is 0. The number of hydrogen-bond donors (Lipinski definition) is 2. The topological polar surface area (TPSA) is 71.7 Å². The molecule has 1 heterocycles. The van der Waals surface area contributed by atoms with Crippen molar-refractivity contribution in [2.24, 2.45) is 4.99 Å². The Balaban J connectivity index is 0.00000392. The van der Waals surface area contributed by atoms with Crippen LogP contribution in [0.1, 0.15) is 62.6 Å². The van der Waals surface area contributed by atoms with Gasteiger partial charge in [-0.25, -0.2) is 4.99 Å². The van der Waals surface area contributed by atoms with Crippen molar-refractivity contribution in [2.45, 2.75) is 60.0 Å². The van der Waals surface area contributed by atoms with Crippen LogP contribution >= 0.6 is 24.0 Å². The van der Waals surface area contributed by atoms with Gasteiger partial charge in [0, 0.05) is 18.2 Å². The van der Waals surface area contributed by atoms with Crippen LogP contribution in [0.3, 0.4) is 0 Å². The Morgan fingerprint density at radius 3 is 2.64 bits per heavy atom. The highest BCUT2D eigenvalue weighted by atomic mass is 127. The highest BCUT2D eigenvalue weighted by Crippen LogP contribution is 2.21. The van der Waals surface area contributed by atoms with E-state index < -0.39 is 0 Å². The summed E-state index contributed by atoms with van der Waals surface area (Å²) in [7, 11) is 0. The van der Waals surface area contributed by atoms with Crippen molar-refractivity contribution < 1.29 is 9.26 Å². The Bertz CT molecular complexity index is 744. The van der Waals surface area contributed by atoms with E-state index in [1.165, 1.54) is 5.56 Å². The Labute approximate surface area is 185 Å². The van der Waals surface area contributed by atoms with Crippen molar-refractivity contribution in [3.8, 4) is 5.75 Å². The van der Waals surface area contributed by atoms with Gasteiger partial charge in [0.15, 0.2) is 11.7 Å². The van der Waals surface area contributed by atoms with Crippen molar-refractivity contribution >= 4 is 29.9 Å². The summed E-state index contributed by atoms with van der Waals surface area (Å²) in [6, 6.07) is 8.23. The maximum absolute atomic E-state index is 5.88. The molecule has 0 fully saturated rings. The van der Waals surface area contributed by atoms with E-state index in [4.69, 9.17) is 14.3 Å². The average Bonchev–Trinajstić information content (AvgIpc) is 3.12. The molecule has 0 atom stereocenters. The van der Waals surface area contributed by atoms with Gasteiger partial charge < -0.3 is 19.9 Å². The third kappa shape index (κ3) is 7.69. The van der Waals surface area contributed by atoms with Crippen molar-refractivity contribution in [1.29, 1.82) is 0 Å². The van der Waals surface area contributed by atoms with Gasteiger partial charge in [-0.05, 0) is 37.8 Å². The molecule has 0 bridgehead atoms. The number of rotatable bonds is 9. The van der Waals surface area contributed by atoms with Crippen LogP contribution in [0.25, 0.3) is 0 Å². The van der Waals surface area contributed by atoms with E-state index in [1.807, 2.05) is 13.0 Å². The second-order valence-electron chi connectivity index (χ2n) is 6.88. The van der Waals surface area contributed by atoms with Crippen LogP contribution in [0, 0.1) is 6.92 Å². The number of halogens is 1. The lowest BCUT2D eigenvalue weighted by Gasteiger charge is -2.13. The lowest BCUT2D eigenvalue weighted by molar-refractivity contribution is 0.314. The van der Waals surface area contributed by atoms with Crippen molar-refractivity contribution in [1.82, 2.24) is 15.8 Å². The van der Waals surface area contributed by atoms with Crippen LogP contribution in [0.2, 0.25) is 0 Å². The van der Waals surface area contributed by atoms with Gasteiger partial charge in [-0.2, -0.15) is 0 Å². The molecule has 2 aromatic rings. The first-order valence-corrected chi connectivity index (χ1v) is 9.73. The van der Waals surface area contributed by atoms with Crippen LogP contribution in [0.4, 0.5) is 0 Å². The Hall–Kier alpha value is -1.77. The minimum absolute atomic E-state index is 0. The summed E-state index contributed by atoms with van der Waals surface area (Å²) < 4.78 is 11.3. The monoisotopic (exact) mass is 500 g/mol. The number of aromatic nitrogens is 1. The molecule has 0 aliphatic carbocycles. The van der Waals surface area contributed by atoms with E-state index in [1.54, 1.807) is 0 Å². The second kappa shape index (κ2) is 12.6. The summed E-state index contributed by atoms with van der Waals surface area (Å²) in [5.74, 6) is 2.80. The van der Waals surface area contributed by atoms with Gasteiger partial charge in [0.05, 0.1) is 25.4 Å². The zero-order valence-corrected chi connectivity index (χ0v) is 19.9. The van der Waals surface area contributed by atoms with Crippen LogP contribution in [-0.2, 0) is 13.1 Å². The van der Waals surface area contributed by atoms with Crippen molar-refractivity contribution in [2.75, 3.05) is 13.2 Å². The first kappa shape index (κ1) is 24.3. The van der Waals surface area contributed by atoms with Gasteiger partial charge in [0.2, 0.25) is 0 Å². The molecule has 0 spiro atoms. The molecule has 0 amide bonds. The van der Waals surface area contributed by atoms with Crippen molar-refractivity contribution in [3.63, 3.8) is 0 Å². The molecule has 0 aliphatic heterocycles. The number of nitrogens with zero attached hydrogens (tertiary/aromatic N) is 2. The molecule has 2 rings (SSSR count). The van der Waals surface area contributed by atoms with Gasteiger partial charge in [0.25, 0.3) is 0 Å². The van der Waals surface area contributed by atoms with Crippen LogP contribution < -0.4 is 15.4 Å². The zero-order chi connectivity index (χ0) is 19.6. The standard InChI is InChI=1S/C21H32N4O2.HI/c1-6-10-26-20-11-16(5)8-9-17(20)13-23-21(22-7-2)24-14-18-12-19(15(3)4)25-27-18;/h8-9,11-12,15H,6-7,10,13-14H2,1-5H3,(H2,22,23,24);1H. The molecule has 6 nitrogen and oxygen atoms in total. The summed E-state index contributed by atoms with van der Waals surface area (Å²) in [5.41, 5.74) is 3.23. The Morgan fingerprint density at radius 2 is 2.00 bits per heavy atom. The van der Waals surface area contributed by atoms with Crippen LogP contribution in [-0.4, -0.2) is 24.3 Å². The maximum atomic E-state index is 5.88. The highest BCUT2D eigenvalue weighted by Gasteiger charge is 2.09. The van der Waals surface area contributed by atoms with Crippen LogP contribution in [0.5, 0.6) is 5.75 Å². The molecular weight excluding hydrogens is 467 g/mol. The number of ether oxygens (including phenoxy) is 1. The predicted molar refractivity (Wildman–Crippen MR) is 125 cm³/mol. The Morgan fingerprint density at radius 1 is 1.21 bits per heavy atom. The molecule has 156 valence electrons. The lowest BCUT2D eigenvalue weighted by Crippen LogP contribution is -2.36. The minimum Gasteiger partial charge on any atom is -0.493 e. The summed E-state index contributed by atoms with van der Waals surface area (Å²) in [4.78, 5) is 4.69. The fraction of sp³-hybridized carbons (Fsp3) is 0.524. The summed E-state index contributed by atoms with van der Waals surface area (Å²) in [5, 5.41) is 10.7. The molecule has 2 N–H and O–H groups in total. The molecule has 1 aromatic carbocycles. The van der Waals surface area contributed by atoms with E-state index in [2.05, 4.69) is 61.7 Å². The molecular formula is C21H33IN4O2. The SMILES string of the molecule is CCCOc1cc(C)ccc1CN=C(NCC)NCc1cc(C(C)C)no1.I. The smallest absolute Gasteiger partial charge is 0.191 e. The normalized spacial score (nSPS) is 11.3. The number of guanidine groups is 1. The molecule has 0 radical (unpaired) electrons. The molecule has 7 heteroatoms. The molecule has 0 unspecified atom stereocenters. The number of nitrogens with one attached hydrogen (secondary N) is 2. The third-order valence-electron chi connectivity index (χ3n) is 4.03. The first-order valence-electron chi connectivity index (χ1n) is 9.73. The number of aliphatic imine (C=N–C) groups is 1. The van der Waals surface area contributed by atoms with E-state index >= 15 is 0 Å². The molecule has 1 aromatic heterocycles. The van der Waals surface area contributed by atoms with E-state index in [9.17, 15) is 0 Å². The molecule has 0 saturated carbocycles. The van der Waals surface area contributed by atoms with Gasteiger partial charge in [0.1, 0.15) is 5.75 Å². The van der Waals surface area contributed by atoms with Gasteiger partial charge in [-0.1, -0.05) is 38.1 Å². The zero-order valence-electron chi connectivity index (χ0n) is 17.5. The van der Waals surface area contributed by atoms with Gasteiger partial charge >= 0.3 is 0 Å². The van der Waals surface area contributed by atoms with Gasteiger partial charge in [-0.15, -0.1) is 24.0 Å². The quantitative estimate of drug-likeness (QED) is 0.295. The number of aryl methyl sites for hydroxylation is 1. The number of hydrogen-bond acceptors (Lipinski definition) is 4. The first-order chi connectivity index (χ1) is 13.0. The highest BCUT2D eigenvalue weighted by molar-refractivity contribution is 14.0. The summed E-state index contributed by atoms with van der Waals surface area (Å²) in [6.07, 6.45) is 0.983. The minimum atomic E-state index is 0. The van der Waals surface area contributed by atoms with E-state index in [0.717, 1.165) is 41.7 Å². The molecule has 0 aliphatic rings. The fourth-order valence-electron chi connectivity index (χ4n) is 2.50. The van der Waals surface area contributed by atoms with E-state index in [-0.39, 0.29) is 24.0 Å². The summed E-state index contributed by atoms with van der Waals surface area (Å²) in [6.45, 7) is 13.0. The molecule has 0 saturated heterocycles. The maximum Gasteiger partial charge on any atom is 0.191 e. The predicted octanol–water partition coefficient (Wildman–Crippen LogP) is 4.77.